The molecule has 0 radical (unpaired) electrons. The molecule has 5 nitrogen and oxygen atoms in total. The van der Waals surface area contributed by atoms with Crippen molar-refractivity contribution in [1.29, 1.82) is 0 Å². The van der Waals surface area contributed by atoms with Crippen molar-refractivity contribution in [3.8, 4) is 0 Å². The molecule has 0 bridgehead atoms. The fourth-order valence-electron chi connectivity index (χ4n) is 3.47. The van der Waals surface area contributed by atoms with Crippen molar-refractivity contribution in [1.82, 2.24) is 15.2 Å². The molecular formula is C25H29N3O2S. The van der Waals surface area contributed by atoms with Crippen molar-refractivity contribution in [2.75, 3.05) is 13.1 Å². The lowest BCUT2D eigenvalue weighted by atomic mass is 9.90. The maximum Gasteiger partial charge on any atom is 0.270 e. The first kappa shape index (κ1) is 22.7. The van der Waals surface area contributed by atoms with Crippen LogP contribution in [0.4, 0.5) is 0 Å². The number of carbonyl (C=O) groups excluding carboxylic acids is 2. The van der Waals surface area contributed by atoms with Gasteiger partial charge in [-0.05, 0) is 24.0 Å². The Bertz CT molecular complexity index is 933. The Morgan fingerprint density at radius 3 is 2.13 bits per heavy atom. The standard InChI is InChI=1S/C25H29N3O2S/c1-3-15-26-24(29)21-18-31-22(27-21)17-28(16-4-2)25(30)23(19-11-7-5-8-12-19)20-13-9-6-10-14-20/h5-14,18,23H,3-4,15-17H2,1-2H3,(H,26,29). The molecule has 0 aliphatic rings. The highest BCUT2D eigenvalue weighted by atomic mass is 32.1. The van der Waals surface area contributed by atoms with Crippen LogP contribution in [0.1, 0.15) is 59.2 Å². The molecule has 0 aliphatic heterocycles. The summed E-state index contributed by atoms with van der Waals surface area (Å²) >= 11 is 1.42. The molecule has 6 heteroatoms. The molecule has 0 saturated heterocycles. The average Bonchev–Trinajstić information content (AvgIpc) is 3.27. The molecule has 0 spiro atoms. The van der Waals surface area contributed by atoms with E-state index in [0.29, 0.717) is 25.3 Å². The molecule has 0 saturated carbocycles. The Labute approximate surface area is 188 Å². The Morgan fingerprint density at radius 1 is 0.968 bits per heavy atom. The van der Waals surface area contributed by atoms with Gasteiger partial charge in [-0.1, -0.05) is 74.5 Å². The Kier molecular flexibility index (Phi) is 8.35. The first-order chi connectivity index (χ1) is 15.1. The highest BCUT2D eigenvalue weighted by molar-refractivity contribution is 7.09. The molecule has 0 unspecified atom stereocenters. The Hall–Kier alpha value is -2.99. The van der Waals surface area contributed by atoms with E-state index in [4.69, 9.17) is 0 Å². The number of thiazole rings is 1. The third kappa shape index (κ3) is 6.01. The Morgan fingerprint density at radius 2 is 1.58 bits per heavy atom. The monoisotopic (exact) mass is 435 g/mol. The van der Waals surface area contributed by atoms with Crippen molar-refractivity contribution in [2.45, 2.75) is 39.2 Å². The van der Waals surface area contributed by atoms with Crippen LogP contribution in [0.15, 0.2) is 66.0 Å². The first-order valence-corrected chi connectivity index (χ1v) is 11.6. The van der Waals surface area contributed by atoms with Gasteiger partial charge in [0.05, 0.1) is 12.5 Å². The number of amides is 2. The number of nitrogens with zero attached hydrogens (tertiary/aromatic N) is 2. The molecule has 1 heterocycles. The highest BCUT2D eigenvalue weighted by Crippen LogP contribution is 2.28. The minimum absolute atomic E-state index is 0.0476. The maximum atomic E-state index is 13.7. The summed E-state index contributed by atoms with van der Waals surface area (Å²) in [5, 5.41) is 5.38. The van der Waals surface area contributed by atoms with Gasteiger partial charge in [0, 0.05) is 18.5 Å². The molecule has 3 aromatic rings. The summed E-state index contributed by atoms with van der Waals surface area (Å²) in [5.74, 6) is -0.489. The van der Waals surface area contributed by atoms with Crippen LogP contribution in [0, 0.1) is 0 Å². The number of nitrogens with one attached hydrogen (secondary N) is 1. The molecule has 0 fully saturated rings. The van der Waals surface area contributed by atoms with Crippen LogP contribution in [0.5, 0.6) is 0 Å². The molecule has 31 heavy (non-hydrogen) atoms. The largest absolute Gasteiger partial charge is 0.351 e. The SMILES string of the molecule is CCCNC(=O)c1csc(CN(CCC)C(=O)C(c2ccccc2)c2ccccc2)n1. The zero-order chi connectivity index (χ0) is 22.1. The topological polar surface area (TPSA) is 62.3 Å². The third-order valence-electron chi connectivity index (χ3n) is 4.96. The molecule has 2 amide bonds. The van der Waals surface area contributed by atoms with Gasteiger partial charge in [0.15, 0.2) is 0 Å². The number of aromatic nitrogens is 1. The van der Waals surface area contributed by atoms with Gasteiger partial charge < -0.3 is 10.2 Å². The van der Waals surface area contributed by atoms with E-state index >= 15 is 0 Å². The van der Waals surface area contributed by atoms with Crippen molar-refractivity contribution in [2.24, 2.45) is 0 Å². The van der Waals surface area contributed by atoms with Crippen molar-refractivity contribution >= 4 is 23.2 Å². The predicted octanol–water partition coefficient (Wildman–Crippen LogP) is 4.85. The van der Waals surface area contributed by atoms with Gasteiger partial charge in [-0.15, -0.1) is 11.3 Å². The molecule has 1 N–H and O–H groups in total. The van der Waals surface area contributed by atoms with Gasteiger partial charge in [-0.2, -0.15) is 0 Å². The third-order valence-corrected chi connectivity index (χ3v) is 5.80. The van der Waals surface area contributed by atoms with E-state index in [1.807, 2.05) is 72.5 Å². The number of hydrogen-bond donors (Lipinski definition) is 1. The van der Waals surface area contributed by atoms with Crippen molar-refractivity contribution < 1.29 is 9.59 Å². The Balaban J connectivity index is 1.84. The molecule has 1 aromatic heterocycles. The van der Waals surface area contributed by atoms with Gasteiger partial charge in [0.1, 0.15) is 10.7 Å². The molecule has 0 atom stereocenters. The van der Waals surface area contributed by atoms with Crippen LogP contribution in [0.25, 0.3) is 0 Å². The van der Waals surface area contributed by atoms with E-state index in [0.717, 1.165) is 29.0 Å². The summed E-state index contributed by atoms with van der Waals surface area (Å²) < 4.78 is 0. The number of hydrogen-bond acceptors (Lipinski definition) is 4. The summed E-state index contributed by atoms with van der Waals surface area (Å²) in [6, 6.07) is 19.8. The van der Waals surface area contributed by atoms with Crippen LogP contribution in [0.2, 0.25) is 0 Å². The summed E-state index contributed by atoms with van der Waals surface area (Å²) in [4.78, 5) is 32.3. The van der Waals surface area contributed by atoms with Gasteiger partial charge in [-0.3, -0.25) is 9.59 Å². The molecule has 0 aliphatic carbocycles. The van der Waals surface area contributed by atoms with Crippen LogP contribution in [-0.2, 0) is 11.3 Å². The minimum Gasteiger partial charge on any atom is -0.351 e. The number of benzene rings is 2. The molecule has 162 valence electrons. The van der Waals surface area contributed by atoms with Gasteiger partial charge in [0.25, 0.3) is 5.91 Å². The summed E-state index contributed by atoms with van der Waals surface area (Å²) in [7, 11) is 0. The van der Waals surface area contributed by atoms with Gasteiger partial charge in [-0.25, -0.2) is 4.98 Å². The normalized spacial score (nSPS) is 10.8. The van der Waals surface area contributed by atoms with Crippen LogP contribution >= 0.6 is 11.3 Å². The quantitative estimate of drug-likeness (QED) is 0.495. The minimum atomic E-state index is -0.374. The summed E-state index contributed by atoms with van der Waals surface area (Å²) in [5.41, 5.74) is 2.36. The molecule has 3 rings (SSSR count). The average molecular weight is 436 g/mol. The number of carbonyl (C=O) groups is 2. The predicted molar refractivity (Wildman–Crippen MR) is 125 cm³/mol. The second-order valence-electron chi connectivity index (χ2n) is 7.40. The highest BCUT2D eigenvalue weighted by Gasteiger charge is 2.28. The van der Waals surface area contributed by atoms with E-state index < -0.39 is 0 Å². The van der Waals surface area contributed by atoms with Crippen molar-refractivity contribution in [3.63, 3.8) is 0 Å². The van der Waals surface area contributed by atoms with Crippen LogP contribution in [0.3, 0.4) is 0 Å². The van der Waals surface area contributed by atoms with Crippen LogP contribution < -0.4 is 5.32 Å². The van der Waals surface area contributed by atoms with Gasteiger partial charge >= 0.3 is 0 Å². The molecular weight excluding hydrogens is 406 g/mol. The lowest BCUT2D eigenvalue weighted by Gasteiger charge is -2.27. The fraction of sp³-hybridized carbons (Fsp3) is 0.320. The van der Waals surface area contributed by atoms with Crippen molar-refractivity contribution in [3.05, 3.63) is 87.9 Å². The second kappa shape index (κ2) is 11.4. The second-order valence-corrected chi connectivity index (χ2v) is 8.34. The lowest BCUT2D eigenvalue weighted by Crippen LogP contribution is -2.36. The zero-order valence-corrected chi connectivity index (χ0v) is 18.9. The van der Waals surface area contributed by atoms with E-state index in [2.05, 4.69) is 17.2 Å². The van der Waals surface area contributed by atoms with Crippen LogP contribution in [-0.4, -0.2) is 34.8 Å². The summed E-state index contributed by atoms with van der Waals surface area (Å²) in [6.45, 7) is 5.73. The van der Waals surface area contributed by atoms with E-state index in [1.54, 1.807) is 5.38 Å². The molecule has 2 aromatic carbocycles. The number of rotatable bonds is 10. The summed E-state index contributed by atoms with van der Waals surface area (Å²) in [6.07, 6.45) is 1.72. The first-order valence-electron chi connectivity index (χ1n) is 10.7. The van der Waals surface area contributed by atoms with E-state index in [1.165, 1.54) is 11.3 Å². The van der Waals surface area contributed by atoms with E-state index in [9.17, 15) is 9.59 Å². The fourth-order valence-corrected chi connectivity index (χ4v) is 4.26. The zero-order valence-electron chi connectivity index (χ0n) is 18.1. The van der Waals surface area contributed by atoms with Gasteiger partial charge in [0.2, 0.25) is 5.91 Å². The lowest BCUT2D eigenvalue weighted by molar-refractivity contribution is -0.132. The maximum absolute atomic E-state index is 13.7. The smallest absolute Gasteiger partial charge is 0.270 e. The van der Waals surface area contributed by atoms with E-state index in [-0.39, 0.29) is 17.7 Å².